The number of halogens is 1. The highest BCUT2D eigenvalue weighted by molar-refractivity contribution is 9.10. The first kappa shape index (κ1) is 15.3. The SMILES string of the molecule is COc1ccc(C=CC(=O)Nc2ccc(C)cc2Br)cc1. The van der Waals surface area contributed by atoms with Gasteiger partial charge in [0.05, 0.1) is 12.8 Å². The summed E-state index contributed by atoms with van der Waals surface area (Å²) in [4.78, 5) is 11.9. The third-order valence-electron chi connectivity index (χ3n) is 2.93. The zero-order chi connectivity index (χ0) is 15.2. The number of amides is 1. The van der Waals surface area contributed by atoms with Gasteiger partial charge in [0.1, 0.15) is 5.75 Å². The van der Waals surface area contributed by atoms with E-state index in [-0.39, 0.29) is 5.91 Å². The number of carbonyl (C=O) groups is 1. The van der Waals surface area contributed by atoms with Gasteiger partial charge in [-0.05, 0) is 64.3 Å². The molecule has 0 fully saturated rings. The predicted molar refractivity (Wildman–Crippen MR) is 89.5 cm³/mol. The van der Waals surface area contributed by atoms with Crippen LogP contribution in [0.25, 0.3) is 6.08 Å². The lowest BCUT2D eigenvalue weighted by atomic mass is 10.2. The van der Waals surface area contributed by atoms with E-state index in [1.54, 1.807) is 13.2 Å². The fourth-order valence-electron chi connectivity index (χ4n) is 1.78. The third kappa shape index (κ3) is 4.46. The van der Waals surface area contributed by atoms with Crippen LogP contribution in [0.1, 0.15) is 11.1 Å². The van der Waals surface area contributed by atoms with Gasteiger partial charge in [-0.25, -0.2) is 0 Å². The van der Waals surface area contributed by atoms with Gasteiger partial charge in [0.2, 0.25) is 5.91 Å². The number of benzene rings is 2. The van der Waals surface area contributed by atoms with Crippen molar-refractivity contribution in [2.75, 3.05) is 12.4 Å². The molecule has 0 aromatic heterocycles. The number of hydrogen-bond acceptors (Lipinski definition) is 2. The second kappa shape index (κ2) is 7.09. The molecule has 0 aliphatic carbocycles. The predicted octanol–water partition coefficient (Wildman–Crippen LogP) is 4.42. The fraction of sp³-hybridized carbons (Fsp3) is 0.118. The Labute approximate surface area is 132 Å². The van der Waals surface area contributed by atoms with Gasteiger partial charge >= 0.3 is 0 Å². The Morgan fingerprint density at radius 3 is 2.52 bits per heavy atom. The van der Waals surface area contributed by atoms with Gasteiger partial charge in [0.25, 0.3) is 0 Å². The average molecular weight is 346 g/mol. The fourth-order valence-corrected chi connectivity index (χ4v) is 2.38. The van der Waals surface area contributed by atoms with Crippen molar-refractivity contribution in [1.82, 2.24) is 0 Å². The third-order valence-corrected chi connectivity index (χ3v) is 3.58. The molecule has 0 unspecified atom stereocenters. The number of hydrogen-bond donors (Lipinski definition) is 1. The number of rotatable bonds is 4. The molecule has 108 valence electrons. The summed E-state index contributed by atoms with van der Waals surface area (Å²) >= 11 is 3.43. The van der Waals surface area contributed by atoms with E-state index in [0.29, 0.717) is 0 Å². The summed E-state index contributed by atoms with van der Waals surface area (Å²) in [7, 11) is 1.62. The van der Waals surface area contributed by atoms with Gasteiger partial charge in [0, 0.05) is 10.5 Å². The smallest absolute Gasteiger partial charge is 0.248 e. The summed E-state index contributed by atoms with van der Waals surface area (Å²) in [6, 6.07) is 13.3. The lowest BCUT2D eigenvalue weighted by molar-refractivity contribution is -0.111. The molecule has 0 spiro atoms. The zero-order valence-electron chi connectivity index (χ0n) is 11.9. The van der Waals surface area contributed by atoms with Gasteiger partial charge in [0.15, 0.2) is 0 Å². The van der Waals surface area contributed by atoms with E-state index in [1.807, 2.05) is 49.4 Å². The lowest BCUT2D eigenvalue weighted by Gasteiger charge is -2.05. The van der Waals surface area contributed by atoms with E-state index in [9.17, 15) is 4.79 Å². The number of carbonyl (C=O) groups excluding carboxylic acids is 1. The van der Waals surface area contributed by atoms with Crippen LogP contribution in [0.4, 0.5) is 5.69 Å². The highest BCUT2D eigenvalue weighted by Gasteiger charge is 2.02. The molecule has 0 aliphatic rings. The molecule has 0 atom stereocenters. The second-order valence-corrected chi connectivity index (χ2v) is 5.43. The van der Waals surface area contributed by atoms with Crippen LogP contribution in [-0.2, 0) is 4.79 Å². The summed E-state index contributed by atoms with van der Waals surface area (Å²) in [5.74, 6) is 0.621. The van der Waals surface area contributed by atoms with E-state index in [2.05, 4.69) is 21.2 Å². The van der Waals surface area contributed by atoms with Crippen molar-refractivity contribution in [2.24, 2.45) is 0 Å². The monoisotopic (exact) mass is 345 g/mol. The van der Waals surface area contributed by atoms with Crippen LogP contribution in [0.5, 0.6) is 5.75 Å². The number of aryl methyl sites for hydroxylation is 1. The summed E-state index contributed by atoms with van der Waals surface area (Å²) < 4.78 is 5.96. The Hall–Kier alpha value is -2.07. The minimum absolute atomic E-state index is 0.171. The summed E-state index contributed by atoms with van der Waals surface area (Å²) in [6.45, 7) is 2.00. The molecule has 21 heavy (non-hydrogen) atoms. The minimum atomic E-state index is -0.171. The minimum Gasteiger partial charge on any atom is -0.497 e. The first-order valence-electron chi connectivity index (χ1n) is 6.48. The normalized spacial score (nSPS) is 10.6. The van der Waals surface area contributed by atoms with E-state index in [4.69, 9.17) is 4.74 Å². The molecule has 1 amide bonds. The Morgan fingerprint density at radius 1 is 1.19 bits per heavy atom. The van der Waals surface area contributed by atoms with E-state index in [0.717, 1.165) is 27.0 Å². The summed E-state index contributed by atoms with van der Waals surface area (Å²) in [5, 5.41) is 2.83. The van der Waals surface area contributed by atoms with Crippen molar-refractivity contribution in [3.63, 3.8) is 0 Å². The van der Waals surface area contributed by atoms with Crippen molar-refractivity contribution in [3.05, 3.63) is 64.1 Å². The molecule has 0 bridgehead atoms. The topological polar surface area (TPSA) is 38.3 Å². The highest BCUT2D eigenvalue weighted by atomic mass is 79.9. The van der Waals surface area contributed by atoms with Crippen molar-refractivity contribution < 1.29 is 9.53 Å². The molecule has 0 radical (unpaired) electrons. The first-order valence-corrected chi connectivity index (χ1v) is 7.27. The van der Waals surface area contributed by atoms with Crippen LogP contribution in [0.3, 0.4) is 0 Å². The maximum Gasteiger partial charge on any atom is 0.248 e. The molecule has 3 nitrogen and oxygen atoms in total. The van der Waals surface area contributed by atoms with Gasteiger partial charge in [-0.15, -0.1) is 0 Å². The van der Waals surface area contributed by atoms with Gasteiger partial charge < -0.3 is 10.1 Å². The van der Waals surface area contributed by atoms with Gasteiger partial charge in [-0.2, -0.15) is 0 Å². The molecule has 4 heteroatoms. The molecule has 2 aromatic carbocycles. The van der Waals surface area contributed by atoms with Crippen LogP contribution in [0.2, 0.25) is 0 Å². The maximum atomic E-state index is 11.9. The molecule has 2 aromatic rings. The van der Waals surface area contributed by atoms with E-state index < -0.39 is 0 Å². The molecule has 2 rings (SSSR count). The van der Waals surface area contributed by atoms with Crippen LogP contribution >= 0.6 is 15.9 Å². The first-order chi connectivity index (χ1) is 10.1. The van der Waals surface area contributed by atoms with Gasteiger partial charge in [-0.3, -0.25) is 4.79 Å². The quantitative estimate of drug-likeness (QED) is 0.833. The van der Waals surface area contributed by atoms with Crippen LogP contribution < -0.4 is 10.1 Å². The van der Waals surface area contributed by atoms with Crippen LogP contribution in [0.15, 0.2) is 53.0 Å². The Morgan fingerprint density at radius 2 is 1.90 bits per heavy atom. The van der Waals surface area contributed by atoms with Crippen molar-refractivity contribution >= 4 is 33.6 Å². The zero-order valence-corrected chi connectivity index (χ0v) is 13.5. The van der Waals surface area contributed by atoms with Gasteiger partial charge in [-0.1, -0.05) is 18.2 Å². The molecule has 0 aliphatic heterocycles. The molecule has 1 N–H and O–H groups in total. The van der Waals surface area contributed by atoms with Crippen molar-refractivity contribution in [3.8, 4) is 5.75 Å². The Balaban J connectivity index is 2.01. The van der Waals surface area contributed by atoms with E-state index >= 15 is 0 Å². The summed E-state index contributed by atoms with van der Waals surface area (Å²) in [6.07, 6.45) is 3.27. The number of methoxy groups -OCH3 is 1. The Kier molecular flexibility index (Phi) is 5.17. The summed E-state index contributed by atoms with van der Waals surface area (Å²) in [5.41, 5.74) is 2.83. The molecular weight excluding hydrogens is 330 g/mol. The lowest BCUT2D eigenvalue weighted by Crippen LogP contribution is -2.08. The standard InChI is InChI=1S/C17H16BrNO2/c1-12-3-9-16(15(18)11-12)19-17(20)10-6-13-4-7-14(21-2)8-5-13/h3-11H,1-2H3,(H,19,20). The number of nitrogens with one attached hydrogen (secondary N) is 1. The molecule has 0 saturated heterocycles. The highest BCUT2D eigenvalue weighted by Crippen LogP contribution is 2.23. The Bertz CT molecular complexity index is 663. The van der Waals surface area contributed by atoms with E-state index in [1.165, 1.54) is 6.08 Å². The van der Waals surface area contributed by atoms with Crippen LogP contribution in [0, 0.1) is 6.92 Å². The van der Waals surface area contributed by atoms with Crippen molar-refractivity contribution in [1.29, 1.82) is 0 Å². The number of anilines is 1. The average Bonchev–Trinajstić information content (AvgIpc) is 2.48. The second-order valence-electron chi connectivity index (χ2n) is 4.58. The molecular formula is C17H16BrNO2. The maximum absolute atomic E-state index is 11.9. The largest absolute Gasteiger partial charge is 0.497 e. The van der Waals surface area contributed by atoms with Crippen LogP contribution in [-0.4, -0.2) is 13.0 Å². The molecule has 0 saturated carbocycles. The number of ether oxygens (including phenoxy) is 1. The van der Waals surface area contributed by atoms with Crippen molar-refractivity contribution in [2.45, 2.75) is 6.92 Å². The molecule has 0 heterocycles.